The number of amides is 2. The van der Waals surface area contributed by atoms with E-state index in [1.807, 2.05) is 74.0 Å². The van der Waals surface area contributed by atoms with E-state index >= 15 is 0 Å². The van der Waals surface area contributed by atoms with Crippen molar-refractivity contribution >= 4 is 50.9 Å². The first-order valence-electron chi connectivity index (χ1n) is 9.91. The van der Waals surface area contributed by atoms with Crippen molar-refractivity contribution in [1.29, 1.82) is 0 Å². The molecule has 0 aliphatic heterocycles. The third-order valence-electron chi connectivity index (χ3n) is 5.32. The van der Waals surface area contributed by atoms with Crippen LogP contribution in [-0.2, 0) is 6.54 Å². The number of fused-ring (bicyclic) bond motifs is 2. The number of nitrogens with zero attached hydrogens (tertiary/aromatic N) is 2. The van der Waals surface area contributed by atoms with E-state index in [0.717, 1.165) is 33.2 Å². The number of carbonyl (C=O) groups is 1. The molecule has 3 aromatic heterocycles. The highest BCUT2D eigenvalue weighted by atomic mass is 35.5. The zero-order valence-electron chi connectivity index (χ0n) is 16.8. The molecule has 2 aromatic carbocycles. The first-order valence-corrected chi connectivity index (χ1v) is 10.3. The van der Waals surface area contributed by atoms with E-state index < -0.39 is 0 Å². The lowest BCUT2D eigenvalue weighted by molar-refractivity contribution is 0.262. The molecule has 5 rings (SSSR count). The van der Waals surface area contributed by atoms with Gasteiger partial charge in [0.15, 0.2) is 0 Å². The second-order valence-corrected chi connectivity index (χ2v) is 7.86. The number of aromatic amines is 1. The van der Waals surface area contributed by atoms with Crippen molar-refractivity contribution in [3.8, 4) is 0 Å². The van der Waals surface area contributed by atoms with E-state index in [4.69, 9.17) is 11.6 Å². The van der Waals surface area contributed by atoms with E-state index in [-0.39, 0.29) is 6.03 Å². The van der Waals surface area contributed by atoms with E-state index in [2.05, 4.69) is 25.2 Å². The highest BCUT2D eigenvalue weighted by Gasteiger charge is 2.11. The van der Waals surface area contributed by atoms with Crippen molar-refractivity contribution in [3.05, 3.63) is 89.3 Å². The normalized spacial score (nSPS) is 11.2. The molecule has 0 atom stereocenters. The number of urea groups is 1. The van der Waals surface area contributed by atoms with Crippen LogP contribution in [0, 0.1) is 6.92 Å². The maximum absolute atomic E-state index is 12.6. The molecule has 5 aromatic rings. The summed E-state index contributed by atoms with van der Waals surface area (Å²) in [7, 11) is 0. The van der Waals surface area contributed by atoms with Crippen LogP contribution in [0.4, 0.5) is 16.2 Å². The van der Waals surface area contributed by atoms with Gasteiger partial charge in [-0.3, -0.25) is 0 Å². The van der Waals surface area contributed by atoms with Crippen LogP contribution in [0.25, 0.3) is 21.9 Å². The summed E-state index contributed by atoms with van der Waals surface area (Å²) in [4.78, 5) is 20.1. The molecule has 0 aliphatic rings. The van der Waals surface area contributed by atoms with Gasteiger partial charge in [0, 0.05) is 35.9 Å². The number of rotatable bonds is 4. The molecule has 2 amide bonds. The maximum atomic E-state index is 12.6. The van der Waals surface area contributed by atoms with E-state index in [0.29, 0.717) is 17.3 Å². The van der Waals surface area contributed by atoms with Crippen LogP contribution >= 0.6 is 11.6 Å². The van der Waals surface area contributed by atoms with Gasteiger partial charge < -0.3 is 20.2 Å². The van der Waals surface area contributed by atoms with E-state index in [1.165, 1.54) is 5.56 Å². The molecular formula is C24H20ClN5O. The molecule has 3 N–H and O–H groups in total. The summed E-state index contributed by atoms with van der Waals surface area (Å²) in [6.45, 7) is 2.65. The lowest BCUT2D eigenvalue weighted by Crippen LogP contribution is -2.19. The van der Waals surface area contributed by atoms with Crippen molar-refractivity contribution in [2.45, 2.75) is 13.5 Å². The zero-order valence-corrected chi connectivity index (χ0v) is 17.6. The van der Waals surface area contributed by atoms with Crippen LogP contribution in [0.5, 0.6) is 0 Å². The molecule has 0 radical (unpaired) electrons. The number of nitrogens with one attached hydrogen (secondary N) is 3. The smallest absolute Gasteiger partial charge is 0.323 e. The highest BCUT2D eigenvalue weighted by molar-refractivity contribution is 6.33. The number of pyridine rings is 1. The fourth-order valence-corrected chi connectivity index (χ4v) is 3.99. The number of benzene rings is 2. The molecule has 7 heteroatoms. The van der Waals surface area contributed by atoms with Gasteiger partial charge >= 0.3 is 6.03 Å². The van der Waals surface area contributed by atoms with E-state index in [1.54, 1.807) is 6.07 Å². The van der Waals surface area contributed by atoms with Gasteiger partial charge in [-0.25, -0.2) is 9.78 Å². The second kappa shape index (κ2) is 7.81. The van der Waals surface area contributed by atoms with Gasteiger partial charge in [-0.2, -0.15) is 0 Å². The van der Waals surface area contributed by atoms with Crippen molar-refractivity contribution in [2.75, 3.05) is 10.6 Å². The third kappa shape index (κ3) is 3.73. The fraction of sp³-hybridized carbons (Fsp3) is 0.0833. The molecule has 0 spiro atoms. The summed E-state index contributed by atoms with van der Waals surface area (Å²) in [6, 6.07) is 17.1. The van der Waals surface area contributed by atoms with Crippen molar-refractivity contribution < 1.29 is 4.79 Å². The summed E-state index contributed by atoms with van der Waals surface area (Å²) in [5.41, 5.74) is 5.42. The van der Waals surface area contributed by atoms with Gasteiger partial charge in [0.25, 0.3) is 0 Å². The molecule has 154 valence electrons. The number of halogens is 1. The first kappa shape index (κ1) is 19.2. The minimum absolute atomic E-state index is 0.337. The van der Waals surface area contributed by atoms with Gasteiger partial charge in [0.05, 0.1) is 21.9 Å². The van der Waals surface area contributed by atoms with Gasteiger partial charge in [-0.15, -0.1) is 0 Å². The highest BCUT2D eigenvalue weighted by Crippen LogP contribution is 2.27. The fourth-order valence-electron chi connectivity index (χ4n) is 3.82. The summed E-state index contributed by atoms with van der Waals surface area (Å²) in [5.74, 6) is 0. The van der Waals surface area contributed by atoms with Crippen LogP contribution in [0.2, 0.25) is 5.02 Å². The predicted octanol–water partition coefficient (Wildman–Crippen LogP) is 6.17. The Balaban J connectivity index is 1.41. The molecule has 0 saturated heterocycles. The average Bonchev–Trinajstić information content (AvgIpc) is 3.39. The number of aromatic nitrogens is 3. The average molecular weight is 430 g/mol. The van der Waals surface area contributed by atoms with Crippen LogP contribution in [0.3, 0.4) is 0 Å². The molecule has 0 unspecified atom stereocenters. The quantitative estimate of drug-likeness (QED) is 0.319. The Bertz CT molecular complexity index is 1420. The molecule has 6 nitrogen and oxygen atoms in total. The van der Waals surface area contributed by atoms with Crippen LogP contribution < -0.4 is 10.6 Å². The summed E-state index contributed by atoms with van der Waals surface area (Å²) in [6.07, 6.45) is 5.74. The van der Waals surface area contributed by atoms with Crippen molar-refractivity contribution in [1.82, 2.24) is 14.5 Å². The Labute approximate surface area is 183 Å². The number of H-pyrrole nitrogens is 1. The lowest BCUT2D eigenvalue weighted by atomic mass is 10.2. The van der Waals surface area contributed by atoms with Gasteiger partial charge in [0.2, 0.25) is 0 Å². The molecule has 0 fully saturated rings. The third-order valence-corrected chi connectivity index (χ3v) is 5.65. The lowest BCUT2D eigenvalue weighted by Gasteiger charge is -2.11. The molecule has 0 aliphatic carbocycles. The van der Waals surface area contributed by atoms with Gasteiger partial charge in [-0.05, 0) is 60.5 Å². The summed E-state index contributed by atoms with van der Waals surface area (Å²) < 4.78 is 2.16. The zero-order chi connectivity index (χ0) is 21.4. The van der Waals surface area contributed by atoms with Crippen LogP contribution in [0.15, 0.2) is 73.2 Å². The topological polar surface area (TPSA) is 74.7 Å². The predicted molar refractivity (Wildman–Crippen MR) is 126 cm³/mol. The molecule has 3 heterocycles. The van der Waals surface area contributed by atoms with Gasteiger partial charge in [-0.1, -0.05) is 23.7 Å². The second-order valence-electron chi connectivity index (χ2n) is 7.45. The maximum Gasteiger partial charge on any atom is 0.323 e. The number of hydrogen-bond acceptors (Lipinski definition) is 2. The molecular weight excluding hydrogens is 410 g/mol. The Morgan fingerprint density at radius 1 is 1.06 bits per heavy atom. The van der Waals surface area contributed by atoms with Crippen molar-refractivity contribution in [2.24, 2.45) is 0 Å². The number of aryl methyl sites for hydroxylation is 1. The summed E-state index contributed by atoms with van der Waals surface area (Å²) >= 11 is 6.20. The Morgan fingerprint density at radius 3 is 2.84 bits per heavy atom. The van der Waals surface area contributed by atoms with Gasteiger partial charge in [0.1, 0.15) is 5.65 Å². The standard InChI is InChI=1S/C24H20ClN5O/c1-15-5-6-19(25)21(13-15)29-24(31)28-20-3-2-4-22-18(20)9-12-30(22)14-16-7-10-26-23-17(16)8-11-27-23/h2-13H,14H2,1H3,(H,26,27)(H2,28,29,31). The molecule has 0 bridgehead atoms. The summed E-state index contributed by atoms with van der Waals surface area (Å²) in [5, 5.41) is 8.34. The molecule has 0 saturated carbocycles. The Kier molecular flexibility index (Phi) is 4.84. The molecule has 31 heavy (non-hydrogen) atoms. The minimum Gasteiger partial charge on any atom is -0.346 e. The monoisotopic (exact) mass is 429 g/mol. The Morgan fingerprint density at radius 2 is 1.94 bits per heavy atom. The number of carbonyl (C=O) groups excluding carboxylic acids is 1. The van der Waals surface area contributed by atoms with Crippen LogP contribution in [0.1, 0.15) is 11.1 Å². The van der Waals surface area contributed by atoms with E-state index in [9.17, 15) is 4.79 Å². The van der Waals surface area contributed by atoms with Crippen LogP contribution in [-0.4, -0.2) is 20.6 Å². The minimum atomic E-state index is -0.337. The van der Waals surface area contributed by atoms with Crippen molar-refractivity contribution in [3.63, 3.8) is 0 Å². The largest absolute Gasteiger partial charge is 0.346 e. The number of anilines is 2. The SMILES string of the molecule is Cc1ccc(Cl)c(NC(=O)Nc2cccc3c2ccn3Cc2ccnc3[nH]ccc23)c1. The Hall–Kier alpha value is -3.77. The number of hydrogen-bond donors (Lipinski definition) is 3. The first-order chi connectivity index (χ1) is 15.1.